The normalized spacial score (nSPS) is 45.0. The van der Waals surface area contributed by atoms with Crippen molar-refractivity contribution in [2.24, 2.45) is 5.92 Å². The number of hydrogen-bond acceptors (Lipinski definition) is 2. The van der Waals surface area contributed by atoms with Crippen LogP contribution in [0, 0.1) is 5.92 Å². The monoisotopic (exact) mass is 146 g/mol. The van der Waals surface area contributed by atoms with E-state index in [9.17, 15) is 5.11 Å². The smallest absolute Gasteiger partial charge is 0.0658 e. The van der Waals surface area contributed by atoms with Gasteiger partial charge in [0.2, 0.25) is 0 Å². The van der Waals surface area contributed by atoms with Gasteiger partial charge < -0.3 is 5.11 Å². The molecule has 9 heavy (non-hydrogen) atoms. The maximum Gasteiger partial charge on any atom is 0.0658 e. The summed E-state index contributed by atoms with van der Waals surface area (Å²) >= 11 is 4.25. The first kappa shape index (κ1) is 7.42. The molecule has 0 saturated heterocycles. The topological polar surface area (TPSA) is 20.2 Å². The molecule has 1 aliphatic rings. The zero-order valence-electron chi connectivity index (χ0n) is 5.75. The molecule has 0 unspecified atom stereocenters. The van der Waals surface area contributed by atoms with E-state index >= 15 is 0 Å². The maximum absolute atomic E-state index is 9.27. The van der Waals surface area contributed by atoms with Crippen LogP contribution >= 0.6 is 12.6 Å². The predicted octanol–water partition coefficient (Wildman–Crippen LogP) is 1.47. The molecule has 1 fully saturated rings. The molecule has 1 N–H and O–H groups in total. The Bertz CT molecular complexity index is 94.9. The number of aliphatic hydroxyl groups excluding tert-OH is 1. The first-order valence-corrected chi connectivity index (χ1v) is 4.08. The molecule has 0 bridgehead atoms. The summed E-state index contributed by atoms with van der Waals surface area (Å²) in [6.45, 7) is 2.18. The molecule has 0 aromatic carbocycles. The fourth-order valence-electron chi connectivity index (χ4n) is 1.33. The summed E-state index contributed by atoms with van der Waals surface area (Å²) in [5, 5.41) is 9.51. The molecule has 1 nitrogen and oxygen atoms in total. The van der Waals surface area contributed by atoms with Crippen LogP contribution in [0.25, 0.3) is 0 Å². The van der Waals surface area contributed by atoms with Crippen molar-refractivity contribution in [2.75, 3.05) is 0 Å². The molecule has 0 amide bonds. The molecule has 0 spiro atoms. The lowest BCUT2D eigenvalue weighted by Crippen LogP contribution is -2.28. The van der Waals surface area contributed by atoms with Crippen LogP contribution in [0.3, 0.4) is 0 Å². The van der Waals surface area contributed by atoms with Crippen molar-refractivity contribution in [1.82, 2.24) is 0 Å². The van der Waals surface area contributed by atoms with Crippen LogP contribution in [0.4, 0.5) is 0 Å². The molecule has 3 atom stereocenters. The van der Waals surface area contributed by atoms with E-state index in [1.807, 2.05) is 0 Å². The first-order chi connectivity index (χ1) is 4.20. The Balaban J connectivity index is 2.35. The maximum atomic E-state index is 9.27. The van der Waals surface area contributed by atoms with E-state index in [4.69, 9.17) is 0 Å². The Morgan fingerprint density at radius 2 is 2.11 bits per heavy atom. The molecule has 1 aliphatic carbocycles. The van der Waals surface area contributed by atoms with Gasteiger partial charge >= 0.3 is 0 Å². The molecule has 2 heteroatoms. The summed E-state index contributed by atoms with van der Waals surface area (Å²) in [6.07, 6.45) is 3.09. The number of aliphatic hydroxyl groups is 1. The predicted molar refractivity (Wildman–Crippen MR) is 41.8 cm³/mol. The van der Waals surface area contributed by atoms with E-state index < -0.39 is 0 Å². The molecule has 0 aliphatic heterocycles. The minimum absolute atomic E-state index is 0.155. The van der Waals surface area contributed by atoms with Gasteiger partial charge in [-0.05, 0) is 25.2 Å². The number of rotatable bonds is 0. The van der Waals surface area contributed by atoms with Crippen LogP contribution in [0.1, 0.15) is 26.2 Å². The lowest BCUT2D eigenvalue weighted by atomic mass is 9.88. The van der Waals surface area contributed by atoms with Crippen LogP contribution in [-0.2, 0) is 0 Å². The molecule has 54 valence electrons. The number of hydrogen-bond donors (Lipinski definition) is 2. The van der Waals surface area contributed by atoms with E-state index in [1.54, 1.807) is 0 Å². The Hall–Kier alpha value is 0.310. The Kier molecular flexibility index (Phi) is 2.42. The third kappa shape index (κ3) is 1.87. The van der Waals surface area contributed by atoms with Crippen molar-refractivity contribution in [3.05, 3.63) is 0 Å². The summed E-state index contributed by atoms with van der Waals surface area (Å²) in [4.78, 5) is 0. The minimum atomic E-state index is -0.155. The largest absolute Gasteiger partial charge is 0.392 e. The fraction of sp³-hybridized carbons (Fsp3) is 1.00. The molecule has 0 radical (unpaired) electrons. The average Bonchev–Trinajstić information content (AvgIpc) is 1.80. The molecular weight excluding hydrogens is 132 g/mol. The van der Waals surface area contributed by atoms with Gasteiger partial charge in [0.15, 0.2) is 0 Å². The highest BCUT2D eigenvalue weighted by atomic mass is 32.1. The highest BCUT2D eigenvalue weighted by molar-refractivity contribution is 7.81. The van der Waals surface area contributed by atoms with E-state index in [-0.39, 0.29) is 11.4 Å². The van der Waals surface area contributed by atoms with Crippen LogP contribution in [-0.4, -0.2) is 16.5 Å². The summed E-state index contributed by atoms with van der Waals surface area (Å²) in [5.74, 6) is 0.698. The van der Waals surface area contributed by atoms with Crippen LogP contribution < -0.4 is 0 Å². The quantitative estimate of drug-likeness (QED) is 0.496. The second-order valence-corrected chi connectivity index (χ2v) is 3.72. The van der Waals surface area contributed by atoms with Gasteiger partial charge in [-0.15, -0.1) is 0 Å². The van der Waals surface area contributed by atoms with E-state index in [0.29, 0.717) is 5.92 Å². The van der Waals surface area contributed by atoms with Crippen molar-refractivity contribution >= 4 is 12.6 Å². The standard InChI is InChI=1S/C7H14OS/c1-5-2-3-7(9)6(8)4-5/h5-9H,2-4H2,1H3/t5-,6-,7-/m0/s1. The first-order valence-electron chi connectivity index (χ1n) is 3.56. The molecule has 0 heterocycles. The summed E-state index contributed by atoms with van der Waals surface area (Å²) < 4.78 is 0. The lowest BCUT2D eigenvalue weighted by Gasteiger charge is -2.27. The van der Waals surface area contributed by atoms with Crippen LogP contribution in [0.5, 0.6) is 0 Å². The zero-order chi connectivity index (χ0) is 6.85. The van der Waals surface area contributed by atoms with Gasteiger partial charge in [-0.25, -0.2) is 0 Å². The van der Waals surface area contributed by atoms with Crippen molar-refractivity contribution in [3.8, 4) is 0 Å². The van der Waals surface area contributed by atoms with Gasteiger partial charge in [0.25, 0.3) is 0 Å². The molecular formula is C7H14OS. The third-order valence-electron chi connectivity index (χ3n) is 2.04. The number of thiol groups is 1. The second kappa shape index (κ2) is 2.93. The molecule has 0 aromatic rings. The third-order valence-corrected chi connectivity index (χ3v) is 2.65. The van der Waals surface area contributed by atoms with E-state index in [1.165, 1.54) is 6.42 Å². The Morgan fingerprint density at radius 1 is 1.44 bits per heavy atom. The van der Waals surface area contributed by atoms with E-state index in [2.05, 4.69) is 19.6 Å². The highest BCUT2D eigenvalue weighted by Crippen LogP contribution is 2.26. The highest BCUT2D eigenvalue weighted by Gasteiger charge is 2.23. The van der Waals surface area contributed by atoms with Crippen molar-refractivity contribution in [2.45, 2.75) is 37.5 Å². The Morgan fingerprint density at radius 3 is 2.56 bits per heavy atom. The van der Waals surface area contributed by atoms with E-state index in [0.717, 1.165) is 12.8 Å². The van der Waals surface area contributed by atoms with Gasteiger partial charge in [-0.3, -0.25) is 0 Å². The van der Waals surface area contributed by atoms with Gasteiger partial charge in [-0.1, -0.05) is 6.92 Å². The van der Waals surface area contributed by atoms with Crippen molar-refractivity contribution in [3.63, 3.8) is 0 Å². The van der Waals surface area contributed by atoms with Gasteiger partial charge in [-0.2, -0.15) is 12.6 Å². The van der Waals surface area contributed by atoms with Gasteiger partial charge in [0, 0.05) is 5.25 Å². The molecule has 1 saturated carbocycles. The average molecular weight is 146 g/mol. The summed E-state index contributed by atoms with van der Waals surface area (Å²) in [5.41, 5.74) is 0. The summed E-state index contributed by atoms with van der Waals surface area (Å²) in [7, 11) is 0. The van der Waals surface area contributed by atoms with Crippen LogP contribution in [0.2, 0.25) is 0 Å². The zero-order valence-corrected chi connectivity index (χ0v) is 6.64. The summed E-state index contributed by atoms with van der Waals surface area (Å²) in [6, 6.07) is 0. The van der Waals surface area contributed by atoms with Crippen molar-refractivity contribution in [1.29, 1.82) is 0 Å². The Labute approximate surface area is 61.9 Å². The van der Waals surface area contributed by atoms with Crippen molar-refractivity contribution < 1.29 is 5.11 Å². The fourth-order valence-corrected chi connectivity index (χ4v) is 1.61. The minimum Gasteiger partial charge on any atom is -0.392 e. The molecule has 0 aromatic heterocycles. The second-order valence-electron chi connectivity index (χ2n) is 3.05. The van der Waals surface area contributed by atoms with Gasteiger partial charge in [0.05, 0.1) is 6.10 Å². The van der Waals surface area contributed by atoms with Gasteiger partial charge in [0.1, 0.15) is 0 Å². The molecule has 1 rings (SSSR count). The lowest BCUT2D eigenvalue weighted by molar-refractivity contribution is 0.113. The van der Waals surface area contributed by atoms with Crippen LogP contribution in [0.15, 0.2) is 0 Å². The SMILES string of the molecule is C[C@H]1CC[C@H](S)[C@@H](O)C1.